The quantitative estimate of drug-likeness (QED) is 0.674. The Bertz CT molecular complexity index is 533. The lowest BCUT2D eigenvalue weighted by molar-refractivity contribution is -0.124. The summed E-state index contributed by atoms with van der Waals surface area (Å²) in [5.74, 6) is -1.69. The van der Waals surface area contributed by atoms with Crippen molar-refractivity contribution >= 4 is 23.5 Å². The number of carbonyl (C=O) groups excluding carboxylic acids is 3. The highest BCUT2D eigenvalue weighted by Gasteiger charge is 2.18. The summed E-state index contributed by atoms with van der Waals surface area (Å²) < 4.78 is 0.780. The van der Waals surface area contributed by atoms with Gasteiger partial charge in [-0.15, -0.1) is 0 Å². The van der Waals surface area contributed by atoms with E-state index in [0.29, 0.717) is 0 Å². The van der Waals surface area contributed by atoms with Crippen LogP contribution in [0.4, 0.5) is 5.82 Å². The molecule has 1 aromatic rings. The molecule has 1 rings (SSSR count). The molecule has 1 aromatic heterocycles. The molecule has 1 heterocycles. The van der Waals surface area contributed by atoms with E-state index >= 15 is 0 Å². The van der Waals surface area contributed by atoms with Crippen molar-refractivity contribution in [2.45, 2.75) is 20.8 Å². The summed E-state index contributed by atoms with van der Waals surface area (Å²) >= 11 is 0. The van der Waals surface area contributed by atoms with Crippen LogP contribution in [-0.2, 0) is 9.59 Å². The van der Waals surface area contributed by atoms with Crippen LogP contribution in [0.3, 0.4) is 0 Å². The average Bonchev–Trinajstić information content (AvgIpc) is 2.15. The number of amides is 2. The second kappa shape index (κ2) is 4.69. The molecule has 0 aromatic carbocycles. The first kappa shape index (κ1) is 12.8. The van der Waals surface area contributed by atoms with E-state index in [9.17, 15) is 19.2 Å². The van der Waals surface area contributed by atoms with Crippen molar-refractivity contribution in [1.82, 2.24) is 9.55 Å². The molecule has 2 amide bonds. The van der Waals surface area contributed by atoms with Gasteiger partial charge in [0.1, 0.15) is 5.82 Å². The SMILES string of the molecule is CC(=O)N(C(C)=O)c1ccn(C(C)=O)c(=O)n1. The molecule has 0 fully saturated rings. The largest absolute Gasteiger partial charge is 0.356 e. The summed E-state index contributed by atoms with van der Waals surface area (Å²) in [5.41, 5.74) is -0.831. The Hall–Kier alpha value is -2.31. The minimum absolute atomic E-state index is 0.0903. The van der Waals surface area contributed by atoms with E-state index < -0.39 is 23.4 Å². The molecule has 7 nitrogen and oxygen atoms in total. The zero-order valence-electron chi connectivity index (χ0n) is 9.63. The van der Waals surface area contributed by atoms with Crippen molar-refractivity contribution in [3.8, 4) is 0 Å². The monoisotopic (exact) mass is 237 g/mol. The maximum Gasteiger partial charge on any atom is 0.356 e. The third-order valence-corrected chi connectivity index (χ3v) is 1.99. The molecule has 90 valence electrons. The third-order valence-electron chi connectivity index (χ3n) is 1.99. The zero-order chi connectivity index (χ0) is 13.2. The average molecular weight is 237 g/mol. The van der Waals surface area contributed by atoms with Gasteiger partial charge in [0.2, 0.25) is 17.7 Å². The second-order valence-corrected chi connectivity index (χ2v) is 3.33. The molecule has 0 aliphatic heterocycles. The topological polar surface area (TPSA) is 89.3 Å². The van der Waals surface area contributed by atoms with Gasteiger partial charge in [0.25, 0.3) is 0 Å². The first-order valence-electron chi connectivity index (χ1n) is 4.76. The first-order valence-corrected chi connectivity index (χ1v) is 4.76. The number of hydrogen-bond donors (Lipinski definition) is 0. The molecule has 0 aliphatic rings. The van der Waals surface area contributed by atoms with Crippen LogP contribution < -0.4 is 10.6 Å². The first-order chi connectivity index (χ1) is 7.84. The molecule has 0 unspecified atom stereocenters. The molecule has 17 heavy (non-hydrogen) atoms. The molecule has 7 heteroatoms. The van der Waals surface area contributed by atoms with Gasteiger partial charge in [-0.25, -0.2) is 14.3 Å². The van der Waals surface area contributed by atoms with Crippen LogP contribution >= 0.6 is 0 Å². The Balaban J connectivity index is 3.30. The summed E-state index contributed by atoms with van der Waals surface area (Å²) in [6.07, 6.45) is 1.17. The summed E-state index contributed by atoms with van der Waals surface area (Å²) in [5, 5.41) is 0. The molecular weight excluding hydrogens is 226 g/mol. The predicted molar refractivity (Wildman–Crippen MR) is 58.6 cm³/mol. The number of aromatic nitrogens is 2. The van der Waals surface area contributed by atoms with E-state index in [1.165, 1.54) is 33.0 Å². The minimum Gasteiger partial charge on any atom is -0.274 e. The van der Waals surface area contributed by atoms with Crippen molar-refractivity contribution in [3.63, 3.8) is 0 Å². The van der Waals surface area contributed by atoms with Crippen molar-refractivity contribution in [2.24, 2.45) is 0 Å². The number of hydrogen-bond acceptors (Lipinski definition) is 5. The normalized spacial score (nSPS) is 9.82. The Morgan fingerprint density at radius 2 is 1.71 bits per heavy atom. The van der Waals surface area contributed by atoms with Crippen molar-refractivity contribution < 1.29 is 14.4 Å². The Morgan fingerprint density at radius 3 is 2.06 bits per heavy atom. The molecule has 0 bridgehead atoms. The van der Waals surface area contributed by atoms with Crippen LogP contribution in [-0.4, -0.2) is 27.3 Å². The number of rotatable bonds is 1. The number of imide groups is 1. The smallest absolute Gasteiger partial charge is 0.274 e. The maximum atomic E-state index is 11.4. The van der Waals surface area contributed by atoms with E-state index in [2.05, 4.69) is 4.98 Å². The van der Waals surface area contributed by atoms with E-state index in [-0.39, 0.29) is 5.82 Å². The van der Waals surface area contributed by atoms with E-state index in [4.69, 9.17) is 0 Å². The summed E-state index contributed by atoms with van der Waals surface area (Å²) in [7, 11) is 0. The van der Waals surface area contributed by atoms with Gasteiger partial charge in [0.15, 0.2) is 0 Å². The lowest BCUT2D eigenvalue weighted by atomic mass is 10.4. The predicted octanol–water partition coefficient (Wildman–Crippen LogP) is -0.197. The Labute approximate surface area is 96.7 Å². The van der Waals surface area contributed by atoms with Crippen LogP contribution in [0.15, 0.2) is 17.1 Å². The molecule has 0 saturated heterocycles. The van der Waals surface area contributed by atoms with E-state index in [1.807, 2.05) is 0 Å². The summed E-state index contributed by atoms with van der Waals surface area (Å²) in [4.78, 5) is 49.1. The van der Waals surface area contributed by atoms with Crippen LogP contribution in [0.2, 0.25) is 0 Å². The molecule has 0 radical (unpaired) electrons. The van der Waals surface area contributed by atoms with Gasteiger partial charge in [0.05, 0.1) is 0 Å². The molecule has 0 atom stereocenters. The Morgan fingerprint density at radius 1 is 1.18 bits per heavy atom. The van der Waals surface area contributed by atoms with Crippen molar-refractivity contribution in [1.29, 1.82) is 0 Å². The lowest BCUT2D eigenvalue weighted by Crippen LogP contribution is -2.36. The summed E-state index contributed by atoms with van der Waals surface area (Å²) in [6, 6.07) is 1.26. The number of anilines is 1. The molecule has 0 N–H and O–H groups in total. The molecule has 0 aliphatic carbocycles. The highest BCUT2D eigenvalue weighted by atomic mass is 16.2. The lowest BCUT2D eigenvalue weighted by Gasteiger charge is -2.15. The van der Waals surface area contributed by atoms with Crippen molar-refractivity contribution in [3.05, 3.63) is 22.7 Å². The van der Waals surface area contributed by atoms with Crippen LogP contribution in [0.25, 0.3) is 0 Å². The fourth-order valence-corrected chi connectivity index (χ4v) is 1.30. The number of carbonyl (C=O) groups is 3. The maximum absolute atomic E-state index is 11.4. The van der Waals surface area contributed by atoms with Crippen LogP contribution in [0.1, 0.15) is 25.6 Å². The Kier molecular flexibility index (Phi) is 3.52. The second-order valence-electron chi connectivity index (χ2n) is 3.33. The van der Waals surface area contributed by atoms with Crippen LogP contribution in [0.5, 0.6) is 0 Å². The summed E-state index contributed by atoms with van der Waals surface area (Å²) in [6.45, 7) is 3.57. The number of nitrogens with zero attached hydrogens (tertiary/aromatic N) is 3. The van der Waals surface area contributed by atoms with Gasteiger partial charge in [-0.2, -0.15) is 4.98 Å². The van der Waals surface area contributed by atoms with Crippen molar-refractivity contribution in [2.75, 3.05) is 4.90 Å². The fourth-order valence-electron chi connectivity index (χ4n) is 1.30. The van der Waals surface area contributed by atoms with Gasteiger partial charge >= 0.3 is 5.69 Å². The van der Waals surface area contributed by atoms with Gasteiger partial charge in [-0.1, -0.05) is 0 Å². The van der Waals surface area contributed by atoms with Gasteiger partial charge < -0.3 is 0 Å². The molecular formula is C10H11N3O4. The molecule has 0 spiro atoms. The highest BCUT2D eigenvalue weighted by molar-refractivity contribution is 6.12. The van der Waals surface area contributed by atoms with Gasteiger partial charge in [-0.05, 0) is 6.07 Å². The minimum atomic E-state index is -0.831. The van der Waals surface area contributed by atoms with E-state index in [1.54, 1.807) is 0 Å². The molecule has 0 saturated carbocycles. The third kappa shape index (κ3) is 2.63. The highest BCUT2D eigenvalue weighted by Crippen LogP contribution is 2.08. The van der Waals surface area contributed by atoms with E-state index in [0.717, 1.165) is 9.47 Å². The van der Waals surface area contributed by atoms with Crippen LogP contribution in [0, 0.1) is 0 Å². The van der Waals surface area contributed by atoms with Gasteiger partial charge in [-0.3, -0.25) is 14.4 Å². The fraction of sp³-hybridized carbons (Fsp3) is 0.300. The zero-order valence-corrected chi connectivity index (χ0v) is 9.63. The van der Waals surface area contributed by atoms with Gasteiger partial charge in [0, 0.05) is 27.0 Å². The standard InChI is InChI=1S/C10H11N3O4/c1-6(14)12-5-4-9(11-10(12)17)13(7(2)15)8(3)16/h4-5H,1-3H3.